The van der Waals surface area contributed by atoms with Crippen molar-refractivity contribution in [1.82, 2.24) is 9.88 Å². The van der Waals surface area contributed by atoms with E-state index in [-0.39, 0.29) is 25.1 Å². The number of ether oxygens (including phenoxy) is 2. The molecule has 2 aromatic rings. The molecule has 0 amide bonds. The predicted octanol–water partition coefficient (Wildman–Crippen LogP) is 1.67. The van der Waals surface area contributed by atoms with Gasteiger partial charge in [0, 0.05) is 36.3 Å². The van der Waals surface area contributed by atoms with Crippen LogP contribution in [0.4, 0.5) is 0 Å². The highest BCUT2D eigenvalue weighted by Gasteiger charge is 2.31. The first-order valence-corrected chi connectivity index (χ1v) is 9.14. The van der Waals surface area contributed by atoms with Crippen LogP contribution in [0, 0.1) is 6.92 Å². The topological polar surface area (TPSA) is 95.3 Å². The zero-order valence-corrected chi connectivity index (χ0v) is 15.3. The number of β-amino-alcohol motifs (C(OH)–C–C–N with tert-alkyl or cyclic N) is 1. The van der Waals surface area contributed by atoms with Gasteiger partial charge in [-0.05, 0) is 37.6 Å². The summed E-state index contributed by atoms with van der Waals surface area (Å²) < 4.78 is 10.8. The Morgan fingerprint density at radius 1 is 1.26 bits per heavy atom. The Bertz CT molecular complexity index is 841. The second-order valence-corrected chi connectivity index (χ2v) is 7.16. The van der Waals surface area contributed by atoms with Gasteiger partial charge in [0.05, 0.1) is 18.4 Å². The van der Waals surface area contributed by atoms with Gasteiger partial charge in [-0.2, -0.15) is 0 Å². The fourth-order valence-electron chi connectivity index (χ4n) is 3.89. The number of hydrogen-bond acceptors (Lipinski definition) is 7. The lowest BCUT2D eigenvalue weighted by molar-refractivity contribution is 0.0470. The molecule has 0 saturated carbocycles. The molecule has 3 heterocycles. The minimum atomic E-state index is -0.526. The van der Waals surface area contributed by atoms with E-state index in [0.29, 0.717) is 29.9 Å². The number of piperidine rings is 1. The van der Waals surface area contributed by atoms with Gasteiger partial charge >= 0.3 is 0 Å². The molecule has 144 valence electrons. The summed E-state index contributed by atoms with van der Waals surface area (Å²) in [6.45, 7) is 3.54. The van der Waals surface area contributed by atoms with E-state index in [1.54, 1.807) is 13.1 Å². The summed E-state index contributed by atoms with van der Waals surface area (Å²) in [5, 5.41) is 30.6. The molecule has 0 radical (unpaired) electrons. The highest BCUT2D eigenvalue weighted by atomic mass is 16.7. The molecule has 2 aliphatic rings. The fourth-order valence-corrected chi connectivity index (χ4v) is 3.89. The van der Waals surface area contributed by atoms with Crippen molar-refractivity contribution in [2.75, 3.05) is 19.9 Å². The van der Waals surface area contributed by atoms with Crippen LogP contribution in [0.2, 0.25) is 0 Å². The third-order valence-electron chi connectivity index (χ3n) is 5.47. The summed E-state index contributed by atoms with van der Waals surface area (Å²) in [7, 11) is 0. The lowest BCUT2D eigenvalue weighted by Gasteiger charge is -2.36. The normalized spacial score (nSPS) is 22.2. The largest absolute Gasteiger partial charge is 0.506 e. The van der Waals surface area contributed by atoms with E-state index in [9.17, 15) is 15.3 Å². The van der Waals surface area contributed by atoms with E-state index >= 15 is 0 Å². The Morgan fingerprint density at radius 3 is 2.85 bits per heavy atom. The highest BCUT2D eigenvalue weighted by molar-refractivity contribution is 5.46. The van der Waals surface area contributed by atoms with E-state index in [1.165, 1.54) is 0 Å². The maximum absolute atomic E-state index is 10.7. The molecule has 1 aromatic carbocycles. The molecule has 0 unspecified atom stereocenters. The average molecular weight is 372 g/mol. The van der Waals surface area contributed by atoms with Crippen LogP contribution in [0.15, 0.2) is 24.4 Å². The lowest BCUT2D eigenvalue weighted by atomic mass is 9.86. The minimum absolute atomic E-state index is 0.0286. The first kappa shape index (κ1) is 18.0. The van der Waals surface area contributed by atoms with Crippen molar-refractivity contribution in [2.24, 2.45) is 0 Å². The van der Waals surface area contributed by atoms with Gasteiger partial charge in [-0.15, -0.1) is 0 Å². The summed E-state index contributed by atoms with van der Waals surface area (Å²) in [5.41, 5.74) is 2.88. The van der Waals surface area contributed by atoms with Crippen molar-refractivity contribution < 1.29 is 24.8 Å². The number of aryl methyl sites for hydroxylation is 1. The number of pyridine rings is 1. The Labute approximate surface area is 157 Å². The number of likely N-dealkylation sites (tertiary alicyclic amines) is 1. The number of benzene rings is 1. The van der Waals surface area contributed by atoms with Crippen molar-refractivity contribution in [1.29, 1.82) is 0 Å². The molecule has 4 rings (SSSR count). The lowest BCUT2D eigenvalue weighted by Crippen LogP contribution is -2.42. The quantitative estimate of drug-likeness (QED) is 0.751. The van der Waals surface area contributed by atoms with Gasteiger partial charge in [0.1, 0.15) is 5.75 Å². The van der Waals surface area contributed by atoms with Crippen LogP contribution < -0.4 is 9.47 Å². The third-order valence-corrected chi connectivity index (χ3v) is 5.47. The van der Waals surface area contributed by atoms with Crippen LogP contribution in [0.25, 0.3) is 0 Å². The minimum Gasteiger partial charge on any atom is -0.506 e. The van der Waals surface area contributed by atoms with Crippen molar-refractivity contribution in [2.45, 2.75) is 38.5 Å². The summed E-state index contributed by atoms with van der Waals surface area (Å²) in [6.07, 6.45) is 1.86. The van der Waals surface area contributed by atoms with Crippen LogP contribution in [0.5, 0.6) is 17.2 Å². The van der Waals surface area contributed by atoms with Gasteiger partial charge in [0.25, 0.3) is 0 Å². The number of hydrogen-bond donors (Lipinski definition) is 3. The summed E-state index contributed by atoms with van der Waals surface area (Å²) >= 11 is 0. The number of aliphatic hydroxyl groups excluding tert-OH is 2. The van der Waals surface area contributed by atoms with E-state index in [1.807, 2.05) is 18.2 Å². The van der Waals surface area contributed by atoms with Crippen LogP contribution in [0.3, 0.4) is 0 Å². The maximum Gasteiger partial charge on any atom is 0.231 e. The van der Waals surface area contributed by atoms with Crippen molar-refractivity contribution >= 4 is 0 Å². The molecular formula is C20H24N2O5. The number of fused-ring (bicyclic) bond motifs is 1. The first-order chi connectivity index (χ1) is 13.1. The van der Waals surface area contributed by atoms with Gasteiger partial charge < -0.3 is 24.8 Å². The molecule has 1 fully saturated rings. The molecule has 0 aliphatic carbocycles. The Morgan fingerprint density at radius 2 is 2.07 bits per heavy atom. The van der Waals surface area contributed by atoms with E-state index in [4.69, 9.17) is 9.47 Å². The van der Waals surface area contributed by atoms with Gasteiger partial charge in [-0.1, -0.05) is 6.07 Å². The van der Waals surface area contributed by atoms with Crippen LogP contribution in [0.1, 0.15) is 34.7 Å². The molecular weight excluding hydrogens is 348 g/mol. The Hall–Kier alpha value is -2.35. The van der Waals surface area contributed by atoms with Crippen LogP contribution in [-0.4, -0.2) is 51.2 Å². The molecule has 7 heteroatoms. The first-order valence-electron chi connectivity index (χ1n) is 9.14. The molecule has 0 spiro atoms. The number of rotatable bonds is 4. The smallest absolute Gasteiger partial charge is 0.231 e. The molecule has 1 aromatic heterocycles. The molecule has 2 aliphatic heterocycles. The number of aromatic nitrogens is 1. The van der Waals surface area contributed by atoms with Crippen LogP contribution in [-0.2, 0) is 13.2 Å². The van der Waals surface area contributed by atoms with E-state index in [0.717, 1.165) is 30.0 Å². The Balaban J connectivity index is 1.47. The fraction of sp³-hybridized carbons (Fsp3) is 0.450. The molecule has 1 saturated heterocycles. The average Bonchev–Trinajstić information content (AvgIpc) is 3.13. The summed E-state index contributed by atoms with van der Waals surface area (Å²) in [4.78, 5) is 6.20. The summed E-state index contributed by atoms with van der Waals surface area (Å²) in [6, 6.07) is 5.83. The molecule has 7 nitrogen and oxygen atoms in total. The monoisotopic (exact) mass is 372 g/mol. The van der Waals surface area contributed by atoms with E-state index in [2.05, 4.69) is 9.88 Å². The molecule has 2 atom stereocenters. The SMILES string of the molecule is Cc1ncc(CO)c(CN2CC[C@@H](c3ccc4c(c3)OCO4)[C@H](O)C2)c1O. The van der Waals surface area contributed by atoms with Crippen molar-refractivity contribution in [3.63, 3.8) is 0 Å². The van der Waals surface area contributed by atoms with Gasteiger partial charge in [-0.25, -0.2) is 0 Å². The van der Waals surface area contributed by atoms with E-state index < -0.39 is 6.10 Å². The third kappa shape index (κ3) is 3.45. The number of nitrogens with zero attached hydrogens (tertiary/aromatic N) is 2. The van der Waals surface area contributed by atoms with Gasteiger partial charge in [0.2, 0.25) is 6.79 Å². The maximum atomic E-state index is 10.7. The zero-order valence-electron chi connectivity index (χ0n) is 15.3. The van der Waals surface area contributed by atoms with Gasteiger partial charge in [-0.3, -0.25) is 9.88 Å². The predicted molar refractivity (Wildman–Crippen MR) is 97.8 cm³/mol. The van der Waals surface area contributed by atoms with Crippen molar-refractivity contribution in [3.05, 3.63) is 46.8 Å². The van der Waals surface area contributed by atoms with Crippen molar-refractivity contribution in [3.8, 4) is 17.2 Å². The number of aliphatic hydroxyl groups is 2. The second-order valence-electron chi connectivity index (χ2n) is 7.16. The Kier molecular flexibility index (Phi) is 4.90. The standard InChI is InChI=1S/C20H24N2O5/c1-12-20(25)16(14(10-23)7-21-12)8-22-5-4-15(17(24)9-22)13-2-3-18-19(6-13)27-11-26-18/h2-3,6-7,15,17,23-25H,4-5,8-11H2,1H3/t15-,17+/m0/s1. The highest BCUT2D eigenvalue weighted by Crippen LogP contribution is 2.38. The molecule has 27 heavy (non-hydrogen) atoms. The second kappa shape index (κ2) is 7.34. The molecule has 0 bridgehead atoms. The number of aromatic hydroxyl groups is 1. The zero-order chi connectivity index (χ0) is 19.0. The molecule has 3 N–H and O–H groups in total. The summed E-state index contributed by atoms with van der Waals surface area (Å²) in [5.74, 6) is 1.62. The van der Waals surface area contributed by atoms with Gasteiger partial charge in [0.15, 0.2) is 11.5 Å². The van der Waals surface area contributed by atoms with Crippen LogP contribution >= 0.6 is 0 Å².